The molecule has 2 fully saturated rings. The van der Waals surface area contributed by atoms with E-state index in [1.165, 1.54) is 0 Å². The number of benzene rings is 1. The average Bonchev–Trinajstić information content (AvgIpc) is 2.98. The summed E-state index contributed by atoms with van der Waals surface area (Å²) >= 11 is 0. The van der Waals surface area contributed by atoms with Crippen LogP contribution in [0.1, 0.15) is 31.2 Å². The monoisotopic (exact) mass is 285 g/mol. The molecule has 0 aromatic heterocycles. The van der Waals surface area contributed by atoms with Crippen LogP contribution >= 0.6 is 0 Å². The second-order valence-electron chi connectivity index (χ2n) is 5.76. The number of piperazine rings is 1. The lowest BCUT2D eigenvalue weighted by molar-refractivity contribution is -0.120. The van der Waals surface area contributed by atoms with Crippen LogP contribution in [0.2, 0.25) is 0 Å². The zero-order chi connectivity index (χ0) is 14.7. The van der Waals surface area contributed by atoms with E-state index in [4.69, 9.17) is 0 Å². The Morgan fingerprint density at radius 2 is 1.90 bits per heavy atom. The molecule has 1 aromatic carbocycles. The van der Waals surface area contributed by atoms with E-state index < -0.39 is 0 Å². The maximum atomic E-state index is 11.4. The molecular formula is C16H19N3O2. The molecule has 0 atom stereocenters. The van der Waals surface area contributed by atoms with E-state index in [-0.39, 0.29) is 11.4 Å². The lowest BCUT2D eigenvalue weighted by atomic mass is 9.89. The van der Waals surface area contributed by atoms with Crippen molar-refractivity contribution in [1.82, 2.24) is 5.32 Å². The number of hydrogen-bond acceptors (Lipinski definition) is 4. The van der Waals surface area contributed by atoms with Gasteiger partial charge in [-0.2, -0.15) is 4.99 Å². The van der Waals surface area contributed by atoms with Gasteiger partial charge in [0.05, 0.1) is 12.1 Å². The molecule has 21 heavy (non-hydrogen) atoms. The fourth-order valence-electron chi connectivity index (χ4n) is 3.35. The molecule has 0 bridgehead atoms. The number of anilines is 1. The summed E-state index contributed by atoms with van der Waals surface area (Å²) in [4.78, 5) is 28.4. The van der Waals surface area contributed by atoms with Crippen LogP contribution in [-0.4, -0.2) is 31.6 Å². The quantitative estimate of drug-likeness (QED) is 0.679. The summed E-state index contributed by atoms with van der Waals surface area (Å²) in [5.41, 5.74) is 1.74. The van der Waals surface area contributed by atoms with Crippen LogP contribution in [0.25, 0.3) is 0 Å². The van der Waals surface area contributed by atoms with Crippen molar-refractivity contribution in [3.05, 3.63) is 29.8 Å². The Bertz CT molecular complexity index is 570. The number of nitrogens with one attached hydrogen (secondary N) is 1. The van der Waals surface area contributed by atoms with Crippen LogP contribution < -0.4 is 10.2 Å². The third-order valence-corrected chi connectivity index (χ3v) is 4.50. The predicted molar refractivity (Wildman–Crippen MR) is 79.9 cm³/mol. The van der Waals surface area contributed by atoms with Crippen LogP contribution in [0.4, 0.5) is 5.69 Å². The number of isocyanates is 1. The lowest BCUT2D eigenvalue weighted by Gasteiger charge is -2.29. The standard InChI is InChI=1S/C16H19N3O2/c20-12-18-16(7-1-2-8-16)13-3-5-14(6-4-13)19-10-9-17-15(21)11-19/h3-6H,1-2,7-11H2,(H,17,21). The molecule has 2 aliphatic rings. The van der Waals surface area contributed by atoms with Gasteiger partial charge in [-0.25, -0.2) is 4.79 Å². The number of carbonyl (C=O) groups is 1. The minimum Gasteiger partial charge on any atom is -0.360 e. The van der Waals surface area contributed by atoms with Crippen molar-refractivity contribution < 1.29 is 9.59 Å². The third-order valence-electron chi connectivity index (χ3n) is 4.50. The maximum absolute atomic E-state index is 11.4. The van der Waals surface area contributed by atoms with Crippen molar-refractivity contribution in [2.45, 2.75) is 31.2 Å². The van der Waals surface area contributed by atoms with Gasteiger partial charge >= 0.3 is 0 Å². The molecule has 0 radical (unpaired) electrons. The minimum absolute atomic E-state index is 0.0585. The van der Waals surface area contributed by atoms with E-state index in [2.05, 4.69) is 15.2 Å². The van der Waals surface area contributed by atoms with Crippen molar-refractivity contribution >= 4 is 17.7 Å². The van der Waals surface area contributed by atoms with Crippen molar-refractivity contribution in [3.63, 3.8) is 0 Å². The highest BCUT2D eigenvalue weighted by atomic mass is 16.2. The highest BCUT2D eigenvalue weighted by molar-refractivity contribution is 5.82. The zero-order valence-electron chi connectivity index (χ0n) is 12.0. The minimum atomic E-state index is -0.375. The maximum Gasteiger partial charge on any atom is 0.239 e. The first-order chi connectivity index (χ1) is 10.2. The first-order valence-corrected chi connectivity index (χ1v) is 7.45. The molecule has 1 aromatic rings. The Hall–Kier alpha value is -2.13. The number of carbonyl (C=O) groups excluding carboxylic acids is 2. The fraction of sp³-hybridized carbons (Fsp3) is 0.500. The third kappa shape index (κ3) is 2.69. The Kier molecular flexibility index (Phi) is 3.76. The number of amides is 1. The largest absolute Gasteiger partial charge is 0.360 e. The summed E-state index contributed by atoms with van der Waals surface area (Å²) in [7, 11) is 0. The molecule has 1 amide bonds. The van der Waals surface area contributed by atoms with Gasteiger partial charge in [0.2, 0.25) is 12.0 Å². The van der Waals surface area contributed by atoms with Gasteiger partial charge in [0, 0.05) is 18.8 Å². The van der Waals surface area contributed by atoms with Gasteiger partial charge in [-0.1, -0.05) is 25.0 Å². The number of hydrogen-bond donors (Lipinski definition) is 1. The van der Waals surface area contributed by atoms with E-state index in [9.17, 15) is 9.59 Å². The first-order valence-electron chi connectivity index (χ1n) is 7.45. The molecular weight excluding hydrogens is 266 g/mol. The molecule has 110 valence electrons. The summed E-state index contributed by atoms with van der Waals surface area (Å²) in [6.45, 7) is 1.90. The van der Waals surface area contributed by atoms with Crippen LogP contribution in [0.5, 0.6) is 0 Å². The summed E-state index contributed by atoms with van der Waals surface area (Å²) in [5, 5.41) is 2.82. The van der Waals surface area contributed by atoms with E-state index in [0.29, 0.717) is 13.1 Å². The number of nitrogens with zero attached hydrogens (tertiary/aromatic N) is 2. The van der Waals surface area contributed by atoms with E-state index in [0.717, 1.165) is 43.5 Å². The molecule has 1 saturated carbocycles. The Morgan fingerprint density at radius 1 is 1.19 bits per heavy atom. The second kappa shape index (κ2) is 5.70. The fourth-order valence-corrected chi connectivity index (χ4v) is 3.35. The van der Waals surface area contributed by atoms with Crippen LogP contribution in [0, 0.1) is 0 Å². The Morgan fingerprint density at radius 3 is 2.52 bits per heavy atom. The topological polar surface area (TPSA) is 61.8 Å². The summed E-state index contributed by atoms with van der Waals surface area (Å²) in [5.74, 6) is 0.0585. The van der Waals surface area contributed by atoms with Gasteiger partial charge in [0.1, 0.15) is 0 Å². The number of aliphatic imine (C=N–C) groups is 1. The highest BCUT2D eigenvalue weighted by Crippen LogP contribution is 2.42. The van der Waals surface area contributed by atoms with Crippen molar-refractivity contribution in [3.8, 4) is 0 Å². The molecule has 0 unspecified atom stereocenters. The second-order valence-corrected chi connectivity index (χ2v) is 5.76. The lowest BCUT2D eigenvalue weighted by Crippen LogP contribution is -2.47. The van der Waals surface area contributed by atoms with Crippen molar-refractivity contribution in [2.24, 2.45) is 4.99 Å². The molecule has 1 aliphatic heterocycles. The molecule has 0 spiro atoms. The van der Waals surface area contributed by atoms with Gasteiger partial charge in [-0.15, -0.1) is 0 Å². The molecule has 1 heterocycles. The van der Waals surface area contributed by atoms with Gasteiger partial charge in [0.15, 0.2) is 0 Å². The van der Waals surface area contributed by atoms with Gasteiger partial charge < -0.3 is 10.2 Å². The zero-order valence-corrected chi connectivity index (χ0v) is 12.0. The van der Waals surface area contributed by atoms with Crippen LogP contribution in [-0.2, 0) is 15.1 Å². The van der Waals surface area contributed by atoms with Gasteiger partial charge in [-0.3, -0.25) is 4.79 Å². The average molecular weight is 285 g/mol. The first kappa shape index (κ1) is 13.8. The Balaban J connectivity index is 1.83. The molecule has 1 aliphatic carbocycles. The SMILES string of the molecule is O=C=NC1(c2ccc(N3CCNC(=O)C3)cc2)CCCC1. The molecule has 1 N–H and O–H groups in total. The van der Waals surface area contributed by atoms with Crippen LogP contribution in [0.15, 0.2) is 29.3 Å². The summed E-state index contributed by atoms with van der Waals surface area (Å²) < 4.78 is 0. The van der Waals surface area contributed by atoms with E-state index in [1.54, 1.807) is 6.08 Å². The smallest absolute Gasteiger partial charge is 0.239 e. The Labute approximate surface area is 124 Å². The molecule has 5 nitrogen and oxygen atoms in total. The predicted octanol–water partition coefficient (Wildman–Crippen LogP) is 1.73. The van der Waals surface area contributed by atoms with Crippen LogP contribution in [0.3, 0.4) is 0 Å². The molecule has 3 rings (SSSR count). The normalized spacial score (nSPS) is 20.8. The molecule has 1 saturated heterocycles. The van der Waals surface area contributed by atoms with Gasteiger partial charge in [-0.05, 0) is 30.5 Å². The van der Waals surface area contributed by atoms with Gasteiger partial charge in [0.25, 0.3) is 0 Å². The van der Waals surface area contributed by atoms with E-state index in [1.807, 2.05) is 24.3 Å². The van der Waals surface area contributed by atoms with E-state index >= 15 is 0 Å². The number of rotatable bonds is 3. The summed E-state index contributed by atoms with van der Waals surface area (Å²) in [6, 6.07) is 8.12. The van der Waals surface area contributed by atoms with Crippen molar-refractivity contribution in [1.29, 1.82) is 0 Å². The highest BCUT2D eigenvalue weighted by Gasteiger charge is 2.35. The molecule has 5 heteroatoms. The summed E-state index contributed by atoms with van der Waals surface area (Å²) in [6.07, 6.45) is 5.76. The van der Waals surface area contributed by atoms with Crippen molar-refractivity contribution in [2.75, 3.05) is 24.5 Å².